The smallest absolute Gasteiger partial charge is 0.120 e. The van der Waals surface area contributed by atoms with Gasteiger partial charge in [-0.3, -0.25) is 0 Å². The lowest BCUT2D eigenvalue weighted by Crippen LogP contribution is -2.12. The number of halogens is 1. The molecular formula is C11H14ClNO. The molecule has 1 heterocycles. The van der Waals surface area contributed by atoms with Crippen molar-refractivity contribution in [3.8, 4) is 5.75 Å². The average molecular weight is 212 g/mol. The average Bonchev–Trinajstić information content (AvgIpc) is 2.69. The Morgan fingerprint density at radius 1 is 1.43 bits per heavy atom. The Balaban J connectivity index is 2.27. The summed E-state index contributed by atoms with van der Waals surface area (Å²) in [6.45, 7) is 1.10. The number of benzene rings is 1. The van der Waals surface area contributed by atoms with Gasteiger partial charge < -0.3 is 10.1 Å². The second kappa shape index (κ2) is 4.20. The predicted octanol–water partition coefficient (Wildman–Crippen LogP) is 2.77. The van der Waals surface area contributed by atoms with Gasteiger partial charge in [-0.1, -0.05) is 11.6 Å². The van der Waals surface area contributed by atoms with Gasteiger partial charge in [0.2, 0.25) is 0 Å². The minimum absolute atomic E-state index is 0.447. The van der Waals surface area contributed by atoms with Crippen LogP contribution in [0.5, 0.6) is 5.75 Å². The Hall–Kier alpha value is -0.730. The Morgan fingerprint density at radius 3 is 2.93 bits per heavy atom. The minimum atomic E-state index is 0.447. The summed E-state index contributed by atoms with van der Waals surface area (Å²) in [6, 6.07) is 6.34. The first-order valence-corrected chi connectivity index (χ1v) is 5.25. The molecule has 1 fully saturated rings. The van der Waals surface area contributed by atoms with Crippen LogP contribution >= 0.6 is 11.6 Å². The molecule has 0 amide bonds. The van der Waals surface area contributed by atoms with Crippen molar-refractivity contribution in [1.82, 2.24) is 5.32 Å². The number of nitrogens with one attached hydrogen (secondary N) is 1. The molecule has 2 nitrogen and oxygen atoms in total. The van der Waals surface area contributed by atoms with E-state index in [0.717, 1.165) is 17.3 Å². The summed E-state index contributed by atoms with van der Waals surface area (Å²) in [5.74, 6) is 0.834. The molecule has 1 aromatic rings. The van der Waals surface area contributed by atoms with E-state index in [1.807, 2.05) is 12.1 Å². The van der Waals surface area contributed by atoms with Gasteiger partial charge in [-0.25, -0.2) is 0 Å². The fraction of sp³-hybridized carbons (Fsp3) is 0.455. The van der Waals surface area contributed by atoms with Gasteiger partial charge in [0.05, 0.1) is 7.11 Å². The molecule has 0 spiro atoms. The fourth-order valence-electron chi connectivity index (χ4n) is 1.87. The van der Waals surface area contributed by atoms with Crippen molar-refractivity contribution in [2.45, 2.75) is 18.9 Å². The van der Waals surface area contributed by atoms with Gasteiger partial charge in [0.25, 0.3) is 0 Å². The highest BCUT2D eigenvalue weighted by atomic mass is 35.5. The van der Waals surface area contributed by atoms with E-state index < -0.39 is 0 Å². The highest BCUT2D eigenvalue weighted by Gasteiger charge is 2.16. The van der Waals surface area contributed by atoms with Crippen LogP contribution in [0.3, 0.4) is 0 Å². The van der Waals surface area contributed by atoms with Crippen molar-refractivity contribution >= 4 is 11.6 Å². The lowest BCUT2D eigenvalue weighted by molar-refractivity contribution is 0.413. The molecule has 1 aliphatic heterocycles. The molecule has 1 aliphatic rings. The highest BCUT2D eigenvalue weighted by molar-refractivity contribution is 6.30. The van der Waals surface area contributed by atoms with Crippen molar-refractivity contribution in [2.75, 3.05) is 13.7 Å². The van der Waals surface area contributed by atoms with Gasteiger partial charge in [0.15, 0.2) is 0 Å². The summed E-state index contributed by atoms with van der Waals surface area (Å²) < 4.78 is 5.18. The summed E-state index contributed by atoms with van der Waals surface area (Å²) in [5, 5.41) is 4.18. The molecule has 14 heavy (non-hydrogen) atoms. The van der Waals surface area contributed by atoms with E-state index in [1.54, 1.807) is 7.11 Å². The molecule has 1 N–H and O–H groups in total. The monoisotopic (exact) mass is 211 g/mol. The molecule has 1 atom stereocenters. The van der Waals surface area contributed by atoms with Crippen molar-refractivity contribution in [3.63, 3.8) is 0 Å². The number of rotatable bonds is 2. The lowest BCUT2D eigenvalue weighted by Gasteiger charge is -2.12. The second-order valence-corrected chi connectivity index (χ2v) is 4.01. The Kier molecular flexibility index (Phi) is 2.94. The van der Waals surface area contributed by atoms with Gasteiger partial charge in [-0.2, -0.15) is 0 Å². The van der Waals surface area contributed by atoms with Crippen LogP contribution in [-0.2, 0) is 0 Å². The molecule has 0 saturated carbocycles. The largest absolute Gasteiger partial charge is 0.497 e. The molecule has 3 heteroatoms. The zero-order chi connectivity index (χ0) is 9.97. The van der Waals surface area contributed by atoms with Crippen LogP contribution in [-0.4, -0.2) is 13.7 Å². The maximum Gasteiger partial charge on any atom is 0.120 e. The van der Waals surface area contributed by atoms with Gasteiger partial charge in [-0.15, -0.1) is 0 Å². The van der Waals surface area contributed by atoms with Gasteiger partial charge in [-0.05, 0) is 43.1 Å². The minimum Gasteiger partial charge on any atom is -0.497 e. The van der Waals surface area contributed by atoms with Gasteiger partial charge >= 0.3 is 0 Å². The van der Waals surface area contributed by atoms with Crippen molar-refractivity contribution in [3.05, 3.63) is 28.8 Å². The fourth-order valence-corrected chi connectivity index (χ4v) is 2.11. The first kappa shape index (κ1) is 9.81. The van der Waals surface area contributed by atoms with E-state index in [1.165, 1.54) is 18.4 Å². The Labute approximate surface area is 89.2 Å². The van der Waals surface area contributed by atoms with E-state index in [4.69, 9.17) is 16.3 Å². The second-order valence-electron chi connectivity index (χ2n) is 3.57. The summed E-state index contributed by atoms with van der Waals surface area (Å²) >= 11 is 6.00. The van der Waals surface area contributed by atoms with Crippen molar-refractivity contribution < 1.29 is 4.74 Å². The maximum absolute atomic E-state index is 6.00. The first-order chi connectivity index (χ1) is 6.79. The zero-order valence-corrected chi connectivity index (χ0v) is 8.97. The quantitative estimate of drug-likeness (QED) is 0.813. The number of hydrogen-bond donors (Lipinski definition) is 1. The summed E-state index contributed by atoms with van der Waals surface area (Å²) in [4.78, 5) is 0. The van der Waals surface area contributed by atoms with E-state index in [-0.39, 0.29) is 0 Å². The molecule has 0 radical (unpaired) electrons. The van der Waals surface area contributed by atoms with Crippen LogP contribution in [0.1, 0.15) is 24.4 Å². The topological polar surface area (TPSA) is 21.3 Å². The van der Waals surface area contributed by atoms with Crippen molar-refractivity contribution in [2.24, 2.45) is 0 Å². The molecule has 1 saturated heterocycles. The lowest BCUT2D eigenvalue weighted by atomic mass is 10.1. The summed E-state index contributed by atoms with van der Waals surface area (Å²) in [7, 11) is 1.66. The van der Waals surface area contributed by atoms with Gasteiger partial charge in [0.1, 0.15) is 5.75 Å². The normalized spacial score (nSPS) is 21.1. The SMILES string of the molecule is COc1cc(Cl)cc([C@H]2CCCN2)c1. The highest BCUT2D eigenvalue weighted by Crippen LogP contribution is 2.29. The summed E-state index contributed by atoms with van der Waals surface area (Å²) in [6.07, 6.45) is 2.42. The number of methoxy groups -OCH3 is 1. The Bertz CT molecular complexity index is 321. The van der Waals surface area contributed by atoms with Crippen LogP contribution in [0, 0.1) is 0 Å². The third-order valence-electron chi connectivity index (χ3n) is 2.59. The van der Waals surface area contributed by atoms with E-state index in [2.05, 4.69) is 11.4 Å². The molecule has 0 bridgehead atoms. The standard InChI is InChI=1S/C11H14ClNO/c1-14-10-6-8(5-9(12)7-10)11-3-2-4-13-11/h5-7,11,13H,2-4H2,1H3/t11-/m1/s1. The third-order valence-corrected chi connectivity index (χ3v) is 2.81. The number of ether oxygens (including phenoxy) is 1. The van der Waals surface area contributed by atoms with Crippen LogP contribution in [0.2, 0.25) is 5.02 Å². The van der Waals surface area contributed by atoms with E-state index >= 15 is 0 Å². The Morgan fingerprint density at radius 2 is 2.29 bits per heavy atom. The van der Waals surface area contributed by atoms with Crippen LogP contribution in [0.4, 0.5) is 0 Å². The molecule has 2 rings (SSSR count). The van der Waals surface area contributed by atoms with Crippen molar-refractivity contribution in [1.29, 1.82) is 0 Å². The van der Waals surface area contributed by atoms with E-state index in [9.17, 15) is 0 Å². The van der Waals surface area contributed by atoms with Crippen LogP contribution in [0.25, 0.3) is 0 Å². The maximum atomic E-state index is 6.00. The first-order valence-electron chi connectivity index (χ1n) is 4.87. The number of hydrogen-bond acceptors (Lipinski definition) is 2. The molecule has 0 aromatic heterocycles. The predicted molar refractivity (Wildman–Crippen MR) is 58.0 cm³/mol. The van der Waals surface area contributed by atoms with E-state index in [0.29, 0.717) is 6.04 Å². The van der Waals surface area contributed by atoms with Gasteiger partial charge in [0, 0.05) is 11.1 Å². The molecule has 0 aliphatic carbocycles. The summed E-state index contributed by atoms with van der Waals surface area (Å²) in [5.41, 5.74) is 1.23. The zero-order valence-electron chi connectivity index (χ0n) is 8.22. The molecule has 76 valence electrons. The molecular weight excluding hydrogens is 198 g/mol. The third kappa shape index (κ3) is 2.02. The van der Waals surface area contributed by atoms with Crippen LogP contribution in [0.15, 0.2) is 18.2 Å². The molecule has 1 aromatic carbocycles. The molecule has 0 unspecified atom stereocenters. The van der Waals surface area contributed by atoms with Crippen LogP contribution < -0.4 is 10.1 Å².